The van der Waals surface area contributed by atoms with Gasteiger partial charge in [-0.3, -0.25) is 4.79 Å². The smallest absolute Gasteiger partial charge is 0.253 e. The molecule has 0 aliphatic carbocycles. The average molecular weight is 338 g/mol. The van der Waals surface area contributed by atoms with Gasteiger partial charge in [-0.2, -0.15) is 0 Å². The van der Waals surface area contributed by atoms with Crippen molar-refractivity contribution in [3.8, 4) is 0 Å². The van der Waals surface area contributed by atoms with E-state index >= 15 is 0 Å². The topological polar surface area (TPSA) is 20.3 Å². The van der Waals surface area contributed by atoms with Crippen LogP contribution in [0.2, 0.25) is 0 Å². The van der Waals surface area contributed by atoms with Gasteiger partial charge in [-0.25, -0.2) is 0 Å². The molecule has 19 heavy (non-hydrogen) atoms. The van der Waals surface area contributed by atoms with Crippen molar-refractivity contribution in [3.63, 3.8) is 0 Å². The van der Waals surface area contributed by atoms with Crippen LogP contribution < -0.4 is 0 Å². The monoisotopic (exact) mass is 337 g/mol. The molecule has 0 radical (unpaired) electrons. The molecule has 0 bridgehead atoms. The first-order chi connectivity index (χ1) is 9.08. The minimum atomic E-state index is 0.0669. The number of aryl methyl sites for hydroxylation is 1. The molecule has 0 spiro atoms. The van der Waals surface area contributed by atoms with E-state index in [-0.39, 0.29) is 5.91 Å². The maximum absolute atomic E-state index is 12.3. The van der Waals surface area contributed by atoms with Crippen LogP contribution in [0.25, 0.3) is 0 Å². The lowest BCUT2D eigenvalue weighted by molar-refractivity contribution is 0.0797. The zero-order chi connectivity index (χ0) is 13.8. The van der Waals surface area contributed by atoms with Crippen LogP contribution in [0.15, 0.2) is 40.2 Å². The van der Waals surface area contributed by atoms with Gasteiger partial charge in [0.15, 0.2) is 0 Å². The summed E-state index contributed by atoms with van der Waals surface area (Å²) in [6, 6.07) is 9.87. The summed E-state index contributed by atoms with van der Waals surface area (Å²) in [6.07, 6.45) is 0.910. The van der Waals surface area contributed by atoms with Crippen molar-refractivity contribution in [3.05, 3.63) is 56.2 Å². The molecular weight excluding hydrogens is 322 g/mol. The summed E-state index contributed by atoms with van der Waals surface area (Å²) in [4.78, 5) is 15.4. The number of nitrogens with zero attached hydrogens (tertiary/aromatic N) is 1. The van der Waals surface area contributed by atoms with Crippen LogP contribution in [-0.2, 0) is 6.42 Å². The molecule has 4 heteroatoms. The third kappa shape index (κ3) is 3.67. The van der Waals surface area contributed by atoms with Crippen molar-refractivity contribution in [1.82, 2.24) is 4.90 Å². The van der Waals surface area contributed by atoms with Gasteiger partial charge < -0.3 is 4.90 Å². The Morgan fingerprint density at radius 2 is 2.16 bits per heavy atom. The Morgan fingerprint density at radius 1 is 1.37 bits per heavy atom. The summed E-state index contributed by atoms with van der Waals surface area (Å²) < 4.78 is 0.977. The highest BCUT2D eigenvalue weighted by Crippen LogP contribution is 2.18. The van der Waals surface area contributed by atoms with E-state index in [1.54, 1.807) is 16.2 Å². The van der Waals surface area contributed by atoms with Crippen LogP contribution in [0, 0.1) is 6.92 Å². The Kier molecular flexibility index (Phi) is 4.77. The second-order valence-electron chi connectivity index (χ2n) is 4.52. The maximum atomic E-state index is 12.3. The minimum absolute atomic E-state index is 0.0669. The standard InChI is InChI=1S/C15H16BrNOS/c1-11-5-6-12(10-14(11)16)15(18)17(2)8-7-13-4-3-9-19-13/h3-6,9-10H,7-8H2,1-2H3. The van der Waals surface area contributed by atoms with Gasteiger partial charge in [-0.05, 0) is 42.5 Å². The Balaban J connectivity index is 2.00. The molecule has 0 fully saturated rings. The number of hydrogen-bond donors (Lipinski definition) is 0. The first kappa shape index (κ1) is 14.3. The first-order valence-electron chi connectivity index (χ1n) is 6.12. The number of hydrogen-bond acceptors (Lipinski definition) is 2. The van der Waals surface area contributed by atoms with Gasteiger partial charge in [0.05, 0.1) is 0 Å². The van der Waals surface area contributed by atoms with Crippen LogP contribution in [0.3, 0.4) is 0 Å². The molecule has 2 rings (SSSR count). The van der Waals surface area contributed by atoms with Crippen LogP contribution in [0.1, 0.15) is 20.8 Å². The van der Waals surface area contributed by atoms with Crippen LogP contribution in [0.5, 0.6) is 0 Å². The predicted molar refractivity (Wildman–Crippen MR) is 83.9 cm³/mol. The van der Waals surface area contributed by atoms with Crippen LogP contribution in [-0.4, -0.2) is 24.4 Å². The van der Waals surface area contributed by atoms with Gasteiger partial charge in [0.2, 0.25) is 0 Å². The molecule has 1 amide bonds. The molecule has 0 N–H and O–H groups in total. The van der Waals surface area contributed by atoms with Crippen molar-refractivity contribution >= 4 is 33.2 Å². The van der Waals surface area contributed by atoms with Crippen molar-refractivity contribution in [1.29, 1.82) is 0 Å². The molecule has 100 valence electrons. The third-order valence-corrected chi connectivity index (χ3v) is 4.83. The lowest BCUT2D eigenvalue weighted by Crippen LogP contribution is -2.28. The number of halogens is 1. The van der Waals surface area contributed by atoms with E-state index in [2.05, 4.69) is 27.4 Å². The van der Waals surface area contributed by atoms with Crippen molar-refractivity contribution in [2.75, 3.05) is 13.6 Å². The Labute approximate surface area is 126 Å². The van der Waals surface area contributed by atoms with E-state index in [0.717, 1.165) is 28.6 Å². The highest BCUT2D eigenvalue weighted by molar-refractivity contribution is 9.10. The maximum Gasteiger partial charge on any atom is 0.253 e. The quantitative estimate of drug-likeness (QED) is 0.821. The fourth-order valence-corrected chi connectivity index (χ4v) is 2.86. The van der Waals surface area contributed by atoms with Gasteiger partial charge in [0.1, 0.15) is 0 Å². The molecule has 2 aromatic rings. The molecule has 0 unspecified atom stereocenters. The predicted octanol–water partition coefficient (Wildman–Crippen LogP) is 4.13. The average Bonchev–Trinajstić information content (AvgIpc) is 2.91. The molecule has 0 aliphatic rings. The highest BCUT2D eigenvalue weighted by Gasteiger charge is 2.12. The van der Waals surface area contributed by atoms with Crippen LogP contribution in [0.4, 0.5) is 0 Å². The Morgan fingerprint density at radius 3 is 2.79 bits per heavy atom. The molecule has 1 heterocycles. The lowest BCUT2D eigenvalue weighted by atomic mass is 10.1. The van der Waals surface area contributed by atoms with Gasteiger partial charge in [-0.15, -0.1) is 11.3 Å². The summed E-state index contributed by atoms with van der Waals surface area (Å²) in [7, 11) is 1.85. The van der Waals surface area contributed by atoms with E-state index in [1.165, 1.54) is 4.88 Å². The lowest BCUT2D eigenvalue weighted by Gasteiger charge is -2.17. The van der Waals surface area contributed by atoms with Crippen molar-refractivity contribution < 1.29 is 4.79 Å². The fourth-order valence-electron chi connectivity index (χ4n) is 1.78. The number of carbonyl (C=O) groups is 1. The Bertz CT molecular complexity index is 566. The van der Waals surface area contributed by atoms with Gasteiger partial charge in [0.25, 0.3) is 5.91 Å². The summed E-state index contributed by atoms with van der Waals surface area (Å²) >= 11 is 5.20. The van der Waals surface area contributed by atoms with Crippen molar-refractivity contribution in [2.24, 2.45) is 0 Å². The minimum Gasteiger partial charge on any atom is -0.341 e. The Hall–Kier alpha value is -1.13. The van der Waals surface area contributed by atoms with E-state index in [9.17, 15) is 4.79 Å². The second-order valence-corrected chi connectivity index (χ2v) is 6.41. The van der Waals surface area contributed by atoms with Gasteiger partial charge in [0, 0.05) is 28.5 Å². The zero-order valence-electron chi connectivity index (χ0n) is 11.0. The molecule has 1 aromatic carbocycles. The number of benzene rings is 1. The molecule has 0 atom stereocenters. The van der Waals surface area contributed by atoms with E-state index in [0.29, 0.717) is 0 Å². The number of likely N-dealkylation sites (N-methyl/N-ethyl adjacent to an activating group) is 1. The SMILES string of the molecule is Cc1ccc(C(=O)N(C)CCc2cccs2)cc1Br. The fraction of sp³-hybridized carbons (Fsp3) is 0.267. The van der Waals surface area contributed by atoms with E-state index < -0.39 is 0 Å². The molecule has 2 nitrogen and oxygen atoms in total. The van der Waals surface area contributed by atoms with Gasteiger partial charge >= 0.3 is 0 Å². The molecule has 0 saturated carbocycles. The number of rotatable bonds is 4. The summed E-state index contributed by atoms with van der Waals surface area (Å²) in [5, 5.41) is 2.06. The second kappa shape index (κ2) is 6.35. The van der Waals surface area contributed by atoms with Gasteiger partial charge in [-0.1, -0.05) is 28.1 Å². The van der Waals surface area contributed by atoms with E-state index in [1.807, 2.05) is 38.2 Å². The van der Waals surface area contributed by atoms with Crippen LogP contribution >= 0.6 is 27.3 Å². The largest absolute Gasteiger partial charge is 0.341 e. The van der Waals surface area contributed by atoms with E-state index in [4.69, 9.17) is 0 Å². The number of amides is 1. The summed E-state index contributed by atoms with van der Waals surface area (Å²) in [5.41, 5.74) is 1.86. The summed E-state index contributed by atoms with van der Waals surface area (Å²) in [6.45, 7) is 2.75. The number of thiophene rings is 1. The zero-order valence-corrected chi connectivity index (χ0v) is 13.4. The molecular formula is C15H16BrNOS. The normalized spacial score (nSPS) is 10.5. The summed E-state index contributed by atoms with van der Waals surface area (Å²) in [5.74, 6) is 0.0669. The number of carbonyl (C=O) groups excluding carboxylic acids is 1. The molecule has 1 aromatic heterocycles. The third-order valence-electron chi connectivity index (χ3n) is 3.04. The highest BCUT2D eigenvalue weighted by atomic mass is 79.9. The molecule has 0 saturated heterocycles. The van der Waals surface area contributed by atoms with Crippen molar-refractivity contribution in [2.45, 2.75) is 13.3 Å². The first-order valence-corrected chi connectivity index (χ1v) is 7.79. The molecule has 0 aliphatic heterocycles.